The van der Waals surface area contributed by atoms with E-state index in [0.29, 0.717) is 4.47 Å². The van der Waals surface area contributed by atoms with Crippen LogP contribution in [-0.4, -0.2) is 4.98 Å². The van der Waals surface area contributed by atoms with Gasteiger partial charge in [-0.1, -0.05) is 6.92 Å². The Balaban J connectivity index is 2.80. The van der Waals surface area contributed by atoms with Gasteiger partial charge in [0, 0.05) is 16.6 Å². The van der Waals surface area contributed by atoms with E-state index in [1.807, 2.05) is 6.07 Å². The molecule has 3 heteroatoms. The van der Waals surface area contributed by atoms with E-state index in [9.17, 15) is 4.39 Å². The molecule has 2 aromatic rings. The Morgan fingerprint density at radius 3 is 2.79 bits per heavy atom. The highest BCUT2D eigenvalue weighted by Crippen LogP contribution is 2.27. The summed E-state index contributed by atoms with van der Waals surface area (Å²) in [6.07, 6.45) is 0.944. The van der Waals surface area contributed by atoms with Crippen LogP contribution >= 0.6 is 15.9 Å². The van der Waals surface area contributed by atoms with Gasteiger partial charge in [-0.3, -0.25) is 0 Å². The van der Waals surface area contributed by atoms with Crippen LogP contribution < -0.4 is 0 Å². The number of benzene rings is 1. The van der Waals surface area contributed by atoms with Crippen LogP contribution in [0.3, 0.4) is 0 Å². The number of hydrogen-bond donors (Lipinski definition) is 1. The van der Waals surface area contributed by atoms with Gasteiger partial charge in [0.1, 0.15) is 5.82 Å². The third-order valence-corrected chi connectivity index (χ3v) is 3.16. The SMILES string of the molecule is CCc1[nH]c2cc(F)c(Br)cc2c1C. The van der Waals surface area contributed by atoms with Crippen molar-refractivity contribution in [2.24, 2.45) is 0 Å². The molecule has 1 heterocycles. The lowest BCUT2D eigenvalue weighted by Gasteiger charge is -1.95. The molecule has 1 N–H and O–H groups in total. The quantitative estimate of drug-likeness (QED) is 0.795. The Labute approximate surface area is 90.5 Å². The van der Waals surface area contributed by atoms with Crippen molar-refractivity contribution in [1.82, 2.24) is 4.98 Å². The molecule has 1 aromatic heterocycles. The molecule has 1 aromatic carbocycles. The molecule has 0 radical (unpaired) electrons. The Bertz CT molecular complexity index is 487. The van der Waals surface area contributed by atoms with Crippen LogP contribution in [0.4, 0.5) is 4.39 Å². The average molecular weight is 256 g/mol. The van der Waals surface area contributed by atoms with Gasteiger partial charge in [-0.05, 0) is 47.0 Å². The van der Waals surface area contributed by atoms with Gasteiger partial charge in [-0.2, -0.15) is 0 Å². The highest BCUT2D eigenvalue weighted by atomic mass is 79.9. The second-order valence-corrected chi connectivity index (χ2v) is 4.25. The first-order chi connectivity index (χ1) is 6.63. The standard InChI is InChI=1S/C11H11BrFN/c1-3-10-6(2)7-4-8(12)9(13)5-11(7)14-10/h4-5,14H,3H2,1-2H3. The molecule has 0 spiro atoms. The predicted octanol–water partition coefficient (Wildman–Crippen LogP) is 3.94. The monoisotopic (exact) mass is 255 g/mol. The van der Waals surface area contributed by atoms with Crippen molar-refractivity contribution in [3.05, 3.63) is 33.7 Å². The van der Waals surface area contributed by atoms with E-state index < -0.39 is 0 Å². The van der Waals surface area contributed by atoms with Crippen molar-refractivity contribution in [3.8, 4) is 0 Å². The normalized spacial score (nSPS) is 11.1. The molecule has 74 valence electrons. The number of nitrogens with one attached hydrogen (secondary N) is 1. The second kappa shape index (κ2) is 3.39. The fraction of sp³-hybridized carbons (Fsp3) is 0.273. The number of hydrogen-bond acceptors (Lipinski definition) is 0. The van der Waals surface area contributed by atoms with Crippen molar-refractivity contribution < 1.29 is 4.39 Å². The molecule has 0 saturated carbocycles. The largest absolute Gasteiger partial charge is 0.358 e. The number of fused-ring (bicyclic) bond motifs is 1. The summed E-state index contributed by atoms with van der Waals surface area (Å²) in [7, 11) is 0. The minimum absolute atomic E-state index is 0.221. The first kappa shape index (κ1) is 9.71. The third kappa shape index (κ3) is 1.36. The van der Waals surface area contributed by atoms with Crippen LogP contribution in [0.25, 0.3) is 10.9 Å². The number of rotatable bonds is 1. The number of aromatic nitrogens is 1. The Morgan fingerprint density at radius 1 is 1.43 bits per heavy atom. The maximum Gasteiger partial charge on any atom is 0.139 e. The summed E-state index contributed by atoms with van der Waals surface area (Å²) in [4.78, 5) is 3.22. The van der Waals surface area contributed by atoms with Crippen LogP contribution in [0.15, 0.2) is 16.6 Å². The van der Waals surface area contributed by atoms with E-state index in [2.05, 4.69) is 34.8 Å². The fourth-order valence-corrected chi connectivity index (χ4v) is 2.08. The first-order valence-electron chi connectivity index (χ1n) is 4.59. The molecule has 0 aliphatic carbocycles. The topological polar surface area (TPSA) is 15.8 Å². The van der Waals surface area contributed by atoms with E-state index in [1.54, 1.807) is 0 Å². The molecule has 0 fully saturated rings. The highest BCUT2D eigenvalue weighted by molar-refractivity contribution is 9.10. The summed E-state index contributed by atoms with van der Waals surface area (Å²) in [5, 5.41) is 1.09. The molecule has 0 bridgehead atoms. The summed E-state index contributed by atoms with van der Waals surface area (Å²) in [5.41, 5.74) is 3.26. The maximum absolute atomic E-state index is 13.2. The van der Waals surface area contributed by atoms with E-state index >= 15 is 0 Å². The summed E-state index contributed by atoms with van der Waals surface area (Å²) in [6.45, 7) is 4.14. The minimum Gasteiger partial charge on any atom is -0.358 e. The molecular weight excluding hydrogens is 245 g/mol. The molecule has 14 heavy (non-hydrogen) atoms. The van der Waals surface area contributed by atoms with E-state index in [1.165, 1.54) is 17.3 Å². The van der Waals surface area contributed by atoms with Crippen molar-refractivity contribution in [2.45, 2.75) is 20.3 Å². The second-order valence-electron chi connectivity index (χ2n) is 3.39. The van der Waals surface area contributed by atoms with Gasteiger partial charge in [0.15, 0.2) is 0 Å². The van der Waals surface area contributed by atoms with Crippen LogP contribution in [0.2, 0.25) is 0 Å². The van der Waals surface area contributed by atoms with Crippen molar-refractivity contribution >= 4 is 26.8 Å². The smallest absolute Gasteiger partial charge is 0.139 e. The van der Waals surface area contributed by atoms with E-state index in [-0.39, 0.29) is 5.82 Å². The van der Waals surface area contributed by atoms with Gasteiger partial charge in [0.05, 0.1) is 4.47 Å². The maximum atomic E-state index is 13.2. The van der Waals surface area contributed by atoms with Crippen LogP contribution in [0.1, 0.15) is 18.2 Å². The van der Waals surface area contributed by atoms with Gasteiger partial charge in [0.2, 0.25) is 0 Å². The summed E-state index contributed by atoms with van der Waals surface area (Å²) >= 11 is 3.19. The molecule has 0 saturated heterocycles. The number of H-pyrrole nitrogens is 1. The zero-order valence-electron chi connectivity index (χ0n) is 8.12. The van der Waals surface area contributed by atoms with Crippen molar-refractivity contribution in [1.29, 1.82) is 0 Å². The van der Waals surface area contributed by atoms with Gasteiger partial charge in [-0.15, -0.1) is 0 Å². The number of halogens is 2. The third-order valence-electron chi connectivity index (χ3n) is 2.56. The lowest BCUT2D eigenvalue weighted by molar-refractivity contribution is 0.623. The van der Waals surface area contributed by atoms with Crippen molar-refractivity contribution in [2.75, 3.05) is 0 Å². The van der Waals surface area contributed by atoms with Crippen molar-refractivity contribution in [3.63, 3.8) is 0 Å². The fourth-order valence-electron chi connectivity index (χ4n) is 1.73. The summed E-state index contributed by atoms with van der Waals surface area (Å²) < 4.78 is 13.7. The number of aromatic amines is 1. The zero-order valence-corrected chi connectivity index (χ0v) is 9.70. The Morgan fingerprint density at radius 2 is 2.14 bits per heavy atom. The molecule has 0 unspecified atom stereocenters. The van der Waals surface area contributed by atoms with Crippen LogP contribution in [-0.2, 0) is 6.42 Å². The van der Waals surface area contributed by atoms with E-state index in [0.717, 1.165) is 17.3 Å². The van der Waals surface area contributed by atoms with Gasteiger partial charge in [-0.25, -0.2) is 4.39 Å². The molecular formula is C11H11BrFN. The minimum atomic E-state index is -0.221. The summed E-state index contributed by atoms with van der Waals surface area (Å²) in [5.74, 6) is -0.221. The van der Waals surface area contributed by atoms with Crippen LogP contribution in [0, 0.1) is 12.7 Å². The van der Waals surface area contributed by atoms with Gasteiger partial charge >= 0.3 is 0 Å². The zero-order chi connectivity index (χ0) is 10.3. The Kier molecular flexibility index (Phi) is 2.35. The first-order valence-corrected chi connectivity index (χ1v) is 5.39. The number of aryl methyl sites for hydroxylation is 2. The molecule has 1 nitrogen and oxygen atoms in total. The highest BCUT2D eigenvalue weighted by Gasteiger charge is 2.09. The lowest BCUT2D eigenvalue weighted by atomic mass is 10.1. The lowest BCUT2D eigenvalue weighted by Crippen LogP contribution is -1.80. The molecule has 0 aliphatic rings. The molecule has 0 atom stereocenters. The summed E-state index contributed by atoms with van der Waals surface area (Å²) in [6, 6.07) is 3.36. The van der Waals surface area contributed by atoms with Gasteiger partial charge < -0.3 is 4.98 Å². The van der Waals surface area contributed by atoms with E-state index in [4.69, 9.17) is 0 Å². The average Bonchev–Trinajstić information content (AvgIpc) is 2.45. The van der Waals surface area contributed by atoms with Gasteiger partial charge in [0.25, 0.3) is 0 Å². The molecule has 0 amide bonds. The molecule has 0 aliphatic heterocycles. The Hall–Kier alpha value is -0.830. The molecule has 2 rings (SSSR count). The van der Waals surface area contributed by atoms with Crippen LogP contribution in [0.5, 0.6) is 0 Å². The predicted molar refractivity (Wildman–Crippen MR) is 60.1 cm³/mol.